The highest BCUT2D eigenvalue weighted by Gasteiger charge is 2.15. The smallest absolute Gasteiger partial charge is 0.232 e. The largest absolute Gasteiger partial charge is 0.497 e. The molecular weight excluding hydrogens is 362 g/mol. The molecule has 2 aromatic heterocycles. The summed E-state index contributed by atoms with van der Waals surface area (Å²) >= 11 is 1.45. The Morgan fingerprint density at radius 1 is 1.19 bits per heavy atom. The molecule has 1 N–H and O–H groups in total. The van der Waals surface area contributed by atoms with Crippen LogP contribution in [-0.4, -0.2) is 23.2 Å². The van der Waals surface area contributed by atoms with E-state index in [-0.39, 0.29) is 12.3 Å². The Kier molecular flexibility index (Phi) is 4.60. The Hall–Kier alpha value is -3.19. The minimum atomic E-state index is -0.177. The van der Waals surface area contributed by atoms with Gasteiger partial charge < -0.3 is 14.6 Å². The van der Waals surface area contributed by atoms with Crippen LogP contribution in [0.25, 0.3) is 22.2 Å². The lowest BCUT2D eigenvalue weighted by Gasteiger charge is -2.02. The molecule has 0 saturated carbocycles. The first-order valence-corrected chi connectivity index (χ1v) is 9.20. The summed E-state index contributed by atoms with van der Waals surface area (Å²) in [4.78, 5) is 18.0. The summed E-state index contributed by atoms with van der Waals surface area (Å²) in [6.45, 7) is 1.98. The van der Waals surface area contributed by atoms with Crippen LogP contribution in [0.4, 0.5) is 5.13 Å². The number of ether oxygens (including phenoxy) is 1. The van der Waals surface area contributed by atoms with Crippen LogP contribution in [0.2, 0.25) is 0 Å². The van der Waals surface area contributed by atoms with Gasteiger partial charge in [0.05, 0.1) is 19.2 Å². The second kappa shape index (κ2) is 7.20. The van der Waals surface area contributed by atoms with Crippen LogP contribution in [0.1, 0.15) is 10.6 Å². The lowest BCUT2D eigenvalue weighted by molar-refractivity contribution is -0.115. The normalized spacial score (nSPS) is 10.9. The zero-order valence-corrected chi connectivity index (χ0v) is 15.7. The molecule has 2 heterocycles. The first-order valence-electron chi connectivity index (χ1n) is 8.39. The number of nitrogens with zero attached hydrogens (tertiary/aromatic N) is 2. The summed E-state index contributed by atoms with van der Waals surface area (Å²) < 4.78 is 10.4. The molecular formula is C20H17N3O3S. The number of amides is 1. The maximum absolute atomic E-state index is 12.4. The number of aromatic nitrogens is 2. The highest BCUT2D eigenvalue weighted by atomic mass is 32.1. The third-order valence-corrected chi connectivity index (χ3v) is 5.07. The molecule has 0 spiro atoms. The molecule has 7 heteroatoms. The van der Waals surface area contributed by atoms with E-state index in [4.69, 9.17) is 9.26 Å². The number of methoxy groups -OCH3 is 1. The molecule has 0 aliphatic heterocycles. The third kappa shape index (κ3) is 3.54. The van der Waals surface area contributed by atoms with E-state index >= 15 is 0 Å². The predicted molar refractivity (Wildman–Crippen MR) is 105 cm³/mol. The zero-order chi connectivity index (χ0) is 18.8. The lowest BCUT2D eigenvalue weighted by atomic mass is 10.1. The SMILES string of the molecule is COc1ccc(-c2nc(NC(=O)Cc3noc4ccccc34)sc2C)cc1. The number of hydrogen-bond donors (Lipinski definition) is 1. The molecule has 0 unspecified atom stereocenters. The molecule has 0 saturated heterocycles. The van der Waals surface area contributed by atoms with Gasteiger partial charge in [-0.2, -0.15) is 0 Å². The Labute approximate surface area is 159 Å². The molecule has 4 rings (SSSR count). The Balaban J connectivity index is 1.50. The van der Waals surface area contributed by atoms with Gasteiger partial charge in [0, 0.05) is 15.8 Å². The highest BCUT2D eigenvalue weighted by molar-refractivity contribution is 7.16. The van der Waals surface area contributed by atoms with E-state index in [0.29, 0.717) is 16.4 Å². The minimum absolute atomic E-state index is 0.132. The number of para-hydroxylation sites is 1. The molecule has 0 radical (unpaired) electrons. The molecule has 2 aromatic carbocycles. The molecule has 4 aromatic rings. The van der Waals surface area contributed by atoms with Gasteiger partial charge in [0.15, 0.2) is 10.7 Å². The second-order valence-corrected chi connectivity index (χ2v) is 7.21. The number of nitrogens with one attached hydrogen (secondary N) is 1. The number of benzene rings is 2. The van der Waals surface area contributed by atoms with Crippen molar-refractivity contribution in [2.75, 3.05) is 12.4 Å². The van der Waals surface area contributed by atoms with Crippen LogP contribution >= 0.6 is 11.3 Å². The number of anilines is 1. The molecule has 27 heavy (non-hydrogen) atoms. The van der Waals surface area contributed by atoms with E-state index in [0.717, 1.165) is 27.3 Å². The molecule has 0 bridgehead atoms. The first-order chi connectivity index (χ1) is 13.1. The summed E-state index contributed by atoms with van der Waals surface area (Å²) in [6.07, 6.45) is 0.132. The van der Waals surface area contributed by atoms with E-state index in [1.54, 1.807) is 7.11 Å². The Morgan fingerprint density at radius 3 is 2.74 bits per heavy atom. The fourth-order valence-electron chi connectivity index (χ4n) is 2.85. The van der Waals surface area contributed by atoms with Crippen molar-refractivity contribution in [2.24, 2.45) is 0 Å². The van der Waals surface area contributed by atoms with E-state index in [1.165, 1.54) is 11.3 Å². The van der Waals surface area contributed by atoms with Gasteiger partial charge in [0.2, 0.25) is 5.91 Å². The zero-order valence-electron chi connectivity index (χ0n) is 14.9. The Morgan fingerprint density at radius 2 is 1.96 bits per heavy atom. The molecule has 0 atom stereocenters. The van der Waals surface area contributed by atoms with Gasteiger partial charge in [-0.05, 0) is 43.3 Å². The topological polar surface area (TPSA) is 77.2 Å². The number of fused-ring (bicyclic) bond motifs is 1. The van der Waals surface area contributed by atoms with Crippen molar-refractivity contribution >= 4 is 33.3 Å². The van der Waals surface area contributed by atoms with Crippen LogP contribution in [0.3, 0.4) is 0 Å². The van der Waals surface area contributed by atoms with E-state index in [2.05, 4.69) is 15.5 Å². The molecule has 1 amide bonds. The summed E-state index contributed by atoms with van der Waals surface area (Å²) in [5.41, 5.74) is 3.12. The molecule has 136 valence electrons. The monoisotopic (exact) mass is 379 g/mol. The van der Waals surface area contributed by atoms with E-state index in [1.807, 2.05) is 55.5 Å². The number of carbonyl (C=O) groups is 1. The van der Waals surface area contributed by atoms with Crippen LogP contribution in [0.15, 0.2) is 53.1 Å². The van der Waals surface area contributed by atoms with Gasteiger partial charge >= 0.3 is 0 Å². The number of thiazole rings is 1. The molecule has 0 aliphatic rings. The van der Waals surface area contributed by atoms with Crippen molar-refractivity contribution in [1.29, 1.82) is 0 Å². The standard InChI is InChI=1S/C20H17N3O3S/c1-12-19(13-7-9-14(25-2)10-8-13)22-20(27-12)21-18(24)11-16-15-5-3-4-6-17(15)26-23-16/h3-10H,11H2,1-2H3,(H,21,22,24). The van der Waals surface area contributed by atoms with Crippen molar-refractivity contribution in [2.45, 2.75) is 13.3 Å². The predicted octanol–water partition coefficient (Wildman–Crippen LogP) is 4.45. The average Bonchev–Trinajstić information content (AvgIpc) is 3.25. The molecule has 6 nitrogen and oxygen atoms in total. The van der Waals surface area contributed by atoms with Crippen molar-refractivity contribution in [3.8, 4) is 17.0 Å². The van der Waals surface area contributed by atoms with Crippen molar-refractivity contribution in [1.82, 2.24) is 10.1 Å². The number of hydrogen-bond acceptors (Lipinski definition) is 6. The maximum Gasteiger partial charge on any atom is 0.232 e. The van der Waals surface area contributed by atoms with E-state index in [9.17, 15) is 4.79 Å². The fourth-order valence-corrected chi connectivity index (χ4v) is 3.70. The first kappa shape index (κ1) is 17.2. The van der Waals surface area contributed by atoms with Crippen LogP contribution < -0.4 is 10.1 Å². The number of aryl methyl sites for hydroxylation is 1. The number of rotatable bonds is 5. The van der Waals surface area contributed by atoms with Gasteiger partial charge in [0.25, 0.3) is 0 Å². The number of carbonyl (C=O) groups excluding carboxylic acids is 1. The summed E-state index contributed by atoms with van der Waals surface area (Å²) in [5, 5.41) is 8.27. The summed E-state index contributed by atoms with van der Waals surface area (Å²) in [5.74, 6) is 0.615. The third-order valence-electron chi connectivity index (χ3n) is 4.19. The van der Waals surface area contributed by atoms with Gasteiger partial charge in [-0.15, -0.1) is 11.3 Å². The maximum atomic E-state index is 12.4. The van der Waals surface area contributed by atoms with Crippen molar-refractivity contribution in [3.05, 3.63) is 59.1 Å². The van der Waals surface area contributed by atoms with Crippen molar-refractivity contribution in [3.63, 3.8) is 0 Å². The summed E-state index contributed by atoms with van der Waals surface area (Å²) in [7, 11) is 1.63. The molecule has 0 fully saturated rings. The van der Waals surface area contributed by atoms with Gasteiger partial charge in [-0.3, -0.25) is 4.79 Å². The van der Waals surface area contributed by atoms with Crippen molar-refractivity contribution < 1.29 is 14.1 Å². The van der Waals surface area contributed by atoms with E-state index < -0.39 is 0 Å². The lowest BCUT2D eigenvalue weighted by Crippen LogP contribution is -2.14. The Bertz CT molecular complexity index is 1100. The van der Waals surface area contributed by atoms with Gasteiger partial charge in [-0.1, -0.05) is 17.3 Å². The van der Waals surface area contributed by atoms with Crippen LogP contribution in [0, 0.1) is 6.92 Å². The minimum Gasteiger partial charge on any atom is -0.497 e. The second-order valence-electron chi connectivity index (χ2n) is 6.00. The van der Waals surface area contributed by atoms with Gasteiger partial charge in [-0.25, -0.2) is 4.98 Å². The van der Waals surface area contributed by atoms with Gasteiger partial charge in [0.1, 0.15) is 11.4 Å². The summed E-state index contributed by atoms with van der Waals surface area (Å²) in [6, 6.07) is 15.2. The quantitative estimate of drug-likeness (QED) is 0.554. The average molecular weight is 379 g/mol. The molecule has 0 aliphatic carbocycles. The fraction of sp³-hybridized carbons (Fsp3) is 0.150. The highest BCUT2D eigenvalue weighted by Crippen LogP contribution is 2.31. The van der Waals surface area contributed by atoms with Crippen LogP contribution in [-0.2, 0) is 11.2 Å². The van der Waals surface area contributed by atoms with Crippen LogP contribution in [0.5, 0.6) is 5.75 Å².